The fraction of sp³-hybridized carbons (Fsp3) is 0.0698. The van der Waals surface area contributed by atoms with Gasteiger partial charge in [-0.3, -0.25) is 0 Å². The highest BCUT2D eigenvalue weighted by Crippen LogP contribution is 2.51. The van der Waals surface area contributed by atoms with Crippen molar-refractivity contribution in [3.05, 3.63) is 163 Å². The van der Waals surface area contributed by atoms with Crippen molar-refractivity contribution < 1.29 is 0 Å². The molecule has 0 saturated heterocycles. The highest BCUT2D eigenvalue weighted by Gasteiger charge is 2.35. The van der Waals surface area contributed by atoms with E-state index in [1.54, 1.807) is 0 Å². The smallest absolute Gasteiger partial charge is 0.0468 e. The standard InChI is InChI=1S/C43H31NS/c1-43(2)38-18-9-8-17-35(38)36-22-20-33(27-39(36)43)44(31-15-10-14-30(25-31)28-11-4-3-5-12-28)32-21-24-40-37(26-32)42-34-16-7-6-13-29(34)19-23-41(42)45-40/h3-27H,1-2H3. The molecule has 9 rings (SSSR count). The Balaban J connectivity index is 1.28. The van der Waals surface area contributed by atoms with Crippen molar-refractivity contribution in [2.24, 2.45) is 0 Å². The first-order chi connectivity index (χ1) is 22.1. The van der Waals surface area contributed by atoms with E-state index in [-0.39, 0.29) is 5.41 Å². The van der Waals surface area contributed by atoms with Crippen LogP contribution in [-0.2, 0) is 5.41 Å². The van der Waals surface area contributed by atoms with Gasteiger partial charge >= 0.3 is 0 Å². The summed E-state index contributed by atoms with van der Waals surface area (Å²) in [7, 11) is 0. The lowest BCUT2D eigenvalue weighted by atomic mass is 9.82. The van der Waals surface area contributed by atoms with E-state index >= 15 is 0 Å². The normalized spacial score (nSPS) is 13.3. The first kappa shape index (κ1) is 26.2. The van der Waals surface area contributed by atoms with E-state index in [0.29, 0.717) is 0 Å². The van der Waals surface area contributed by atoms with Gasteiger partial charge in [0.15, 0.2) is 0 Å². The van der Waals surface area contributed by atoms with E-state index in [1.165, 1.54) is 70.0 Å². The summed E-state index contributed by atoms with van der Waals surface area (Å²) >= 11 is 1.88. The molecular weight excluding hydrogens is 563 g/mol. The fourth-order valence-corrected chi connectivity index (χ4v) is 8.51. The molecule has 45 heavy (non-hydrogen) atoms. The minimum Gasteiger partial charge on any atom is -0.310 e. The van der Waals surface area contributed by atoms with E-state index in [9.17, 15) is 0 Å². The Hall–Kier alpha value is -5.18. The molecule has 8 aromatic rings. The third kappa shape index (κ3) is 4.06. The van der Waals surface area contributed by atoms with Gasteiger partial charge in [0.1, 0.15) is 0 Å². The number of thiophene rings is 1. The van der Waals surface area contributed by atoms with Crippen molar-refractivity contribution >= 4 is 59.3 Å². The van der Waals surface area contributed by atoms with Crippen molar-refractivity contribution in [2.45, 2.75) is 19.3 Å². The minimum atomic E-state index is -0.0775. The van der Waals surface area contributed by atoms with Gasteiger partial charge in [0.05, 0.1) is 0 Å². The molecule has 0 fully saturated rings. The molecule has 0 amide bonds. The molecule has 0 N–H and O–H groups in total. The Morgan fingerprint density at radius 2 is 1.16 bits per heavy atom. The average Bonchev–Trinajstić information content (AvgIpc) is 3.57. The predicted molar refractivity (Wildman–Crippen MR) is 195 cm³/mol. The number of hydrogen-bond donors (Lipinski definition) is 0. The number of rotatable bonds is 4. The SMILES string of the molecule is CC1(C)c2ccccc2-c2ccc(N(c3cccc(-c4ccccc4)c3)c3ccc4sc5ccc6ccccc6c5c4c3)cc21. The Bertz CT molecular complexity index is 2410. The molecule has 0 radical (unpaired) electrons. The molecule has 1 nitrogen and oxygen atoms in total. The highest BCUT2D eigenvalue weighted by atomic mass is 32.1. The summed E-state index contributed by atoms with van der Waals surface area (Å²) in [6, 6.07) is 55.9. The summed E-state index contributed by atoms with van der Waals surface area (Å²) < 4.78 is 2.64. The molecule has 0 spiro atoms. The number of hydrogen-bond acceptors (Lipinski definition) is 2. The van der Waals surface area contributed by atoms with Gasteiger partial charge in [-0.25, -0.2) is 0 Å². The molecule has 0 bridgehead atoms. The zero-order valence-electron chi connectivity index (χ0n) is 25.3. The second kappa shape index (κ2) is 9.92. The van der Waals surface area contributed by atoms with Gasteiger partial charge in [0.25, 0.3) is 0 Å². The Morgan fingerprint density at radius 3 is 2.07 bits per heavy atom. The number of fused-ring (bicyclic) bond motifs is 8. The van der Waals surface area contributed by atoms with E-state index < -0.39 is 0 Å². The number of anilines is 3. The van der Waals surface area contributed by atoms with E-state index in [0.717, 1.165) is 11.4 Å². The Kier molecular flexibility index (Phi) is 5.78. The Morgan fingerprint density at radius 1 is 0.467 bits per heavy atom. The lowest BCUT2D eigenvalue weighted by Gasteiger charge is -2.28. The predicted octanol–water partition coefficient (Wildman–Crippen LogP) is 12.7. The maximum atomic E-state index is 2.44. The summed E-state index contributed by atoms with van der Waals surface area (Å²) in [5.74, 6) is 0. The molecule has 214 valence electrons. The number of nitrogens with zero attached hydrogens (tertiary/aromatic N) is 1. The van der Waals surface area contributed by atoms with Crippen LogP contribution in [0, 0.1) is 0 Å². The van der Waals surface area contributed by atoms with Crippen molar-refractivity contribution in [3.63, 3.8) is 0 Å². The van der Waals surface area contributed by atoms with Gasteiger partial charge in [0, 0.05) is 42.6 Å². The molecule has 0 saturated carbocycles. The van der Waals surface area contributed by atoms with Crippen molar-refractivity contribution in [3.8, 4) is 22.3 Å². The van der Waals surface area contributed by atoms with Crippen LogP contribution in [0.15, 0.2) is 152 Å². The van der Waals surface area contributed by atoms with E-state index in [2.05, 4.69) is 170 Å². The summed E-state index contributed by atoms with van der Waals surface area (Å²) in [5, 5.41) is 5.25. The molecule has 1 aliphatic carbocycles. The van der Waals surface area contributed by atoms with Crippen molar-refractivity contribution in [1.29, 1.82) is 0 Å². The molecule has 0 atom stereocenters. The quantitative estimate of drug-likeness (QED) is 0.196. The molecule has 0 unspecified atom stereocenters. The topological polar surface area (TPSA) is 3.24 Å². The van der Waals surface area contributed by atoms with Gasteiger partial charge in [-0.1, -0.05) is 117 Å². The second-order valence-corrected chi connectivity index (χ2v) is 13.7. The maximum absolute atomic E-state index is 2.44. The highest BCUT2D eigenvalue weighted by molar-refractivity contribution is 7.26. The van der Waals surface area contributed by atoms with Gasteiger partial charge in [-0.05, 0) is 92.7 Å². The molecule has 1 aliphatic rings. The molecule has 0 aliphatic heterocycles. The molecular formula is C43H31NS. The molecule has 2 heteroatoms. The summed E-state index contributed by atoms with van der Waals surface area (Å²) in [4.78, 5) is 2.44. The van der Waals surface area contributed by atoms with Crippen LogP contribution in [0.5, 0.6) is 0 Å². The number of benzene rings is 7. The van der Waals surface area contributed by atoms with E-state index in [4.69, 9.17) is 0 Å². The van der Waals surface area contributed by atoms with Crippen molar-refractivity contribution in [1.82, 2.24) is 0 Å². The average molecular weight is 594 g/mol. The summed E-state index contributed by atoms with van der Waals surface area (Å²) in [5.41, 5.74) is 11.3. The zero-order chi connectivity index (χ0) is 30.1. The van der Waals surface area contributed by atoms with Crippen LogP contribution in [0.1, 0.15) is 25.0 Å². The first-order valence-corrected chi connectivity index (χ1v) is 16.4. The molecule has 1 aromatic heterocycles. The fourth-order valence-electron chi connectivity index (χ4n) is 7.41. The third-order valence-electron chi connectivity index (χ3n) is 9.64. The maximum Gasteiger partial charge on any atom is 0.0468 e. The van der Waals surface area contributed by atoms with Gasteiger partial charge < -0.3 is 4.90 Å². The van der Waals surface area contributed by atoms with Crippen LogP contribution in [0.25, 0.3) is 53.2 Å². The van der Waals surface area contributed by atoms with Crippen molar-refractivity contribution in [2.75, 3.05) is 4.90 Å². The molecule has 1 heterocycles. The van der Waals surface area contributed by atoms with Crippen LogP contribution < -0.4 is 4.90 Å². The summed E-state index contributed by atoms with van der Waals surface area (Å²) in [6.45, 7) is 4.72. The molecule has 7 aromatic carbocycles. The van der Waals surface area contributed by atoms with Gasteiger partial charge in [-0.15, -0.1) is 11.3 Å². The third-order valence-corrected chi connectivity index (χ3v) is 10.8. The minimum absolute atomic E-state index is 0.0775. The zero-order valence-corrected chi connectivity index (χ0v) is 26.1. The first-order valence-electron chi connectivity index (χ1n) is 15.6. The second-order valence-electron chi connectivity index (χ2n) is 12.6. The van der Waals surface area contributed by atoms with E-state index in [1.807, 2.05) is 11.3 Å². The van der Waals surface area contributed by atoms with Crippen LogP contribution in [-0.4, -0.2) is 0 Å². The van der Waals surface area contributed by atoms with Gasteiger partial charge in [-0.2, -0.15) is 0 Å². The monoisotopic (exact) mass is 593 g/mol. The van der Waals surface area contributed by atoms with Crippen LogP contribution >= 0.6 is 11.3 Å². The Labute approximate surface area is 267 Å². The van der Waals surface area contributed by atoms with Crippen LogP contribution in [0.4, 0.5) is 17.1 Å². The largest absolute Gasteiger partial charge is 0.310 e. The lowest BCUT2D eigenvalue weighted by molar-refractivity contribution is 0.660. The van der Waals surface area contributed by atoms with Crippen LogP contribution in [0.2, 0.25) is 0 Å². The van der Waals surface area contributed by atoms with Crippen LogP contribution in [0.3, 0.4) is 0 Å². The summed E-state index contributed by atoms with van der Waals surface area (Å²) in [6.07, 6.45) is 0. The van der Waals surface area contributed by atoms with Gasteiger partial charge in [0.2, 0.25) is 0 Å². The lowest BCUT2D eigenvalue weighted by Crippen LogP contribution is -2.16.